The van der Waals surface area contributed by atoms with E-state index in [1.165, 1.54) is 4.90 Å². The molecule has 64 valence electrons. The fourth-order valence-corrected chi connectivity index (χ4v) is 1.11. The molecule has 0 aliphatic carbocycles. The van der Waals surface area contributed by atoms with Crippen LogP contribution in [0, 0.1) is 0 Å². The Bertz CT molecular complexity index is 284. The Labute approximate surface area is 68.7 Å². The van der Waals surface area contributed by atoms with Crippen LogP contribution in [0.2, 0.25) is 0 Å². The van der Waals surface area contributed by atoms with Crippen molar-refractivity contribution in [3.05, 3.63) is 12.4 Å². The van der Waals surface area contributed by atoms with Gasteiger partial charge in [0.25, 0.3) is 0 Å². The molecule has 2 rings (SSSR count). The number of ether oxygens (including phenoxy) is 1. The highest BCUT2D eigenvalue weighted by atomic mass is 16.6. The summed E-state index contributed by atoms with van der Waals surface area (Å²) in [5.41, 5.74) is 0. The van der Waals surface area contributed by atoms with Crippen LogP contribution in [-0.2, 0) is 4.74 Å². The molecule has 0 aromatic carbocycles. The first-order valence-corrected chi connectivity index (χ1v) is 3.54. The third-order valence-corrected chi connectivity index (χ3v) is 1.84. The normalized spacial score (nSPS) is 22.9. The Morgan fingerprint density at radius 2 is 2.58 bits per heavy atom. The fourth-order valence-electron chi connectivity index (χ4n) is 1.11. The summed E-state index contributed by atoms with van der Waals surface area (Å²) in [6.07, 6.45) is 2.79. The zero-order chi connectivity index (χ0) is 8.55. The first kappa shape index (κ1) is 7.08. The highest BCUT2D eigenvalue weighted by Crippen LogP contribution is 2.17. The van der Waals surface area contributed by atoms with Crippen molar-refractivity contribution in [2.24, 2.45) is 0 Å². The highest BCUT2D eigenvalue weighted by Gasteiger charge is 2.31. The van der Waals surface area contributed by atoms with E-state index in [4.69, 9.17) is 4.74 Å². The van der Waals surface area contributed by atoms with Gasteiger partial charge in [0.05, 0.1) is 6.20 Å². The monoisotopic (exact) mass is 168 g/mol. The third kappa shape index (κ3) is 0.919. The minimum absolute atomic E-state index is 0.153. The number of likely N-dealkylation sites (N-methyl/N-ethyl adjacent to an activating group) is 1. The first-order chi connectivity index (χ1) is 5.79. The number of rotatable bonds is 1. The quantitative estimate of drug-likeness (QED) is 0.585. The molecule has 6 heteroatoms. The first-order valence-electron chi connectivity index (χ1n) is 3.54. The van der Waals surface area contributed by atoms with Crippen LogP contribution in [0.1, 0.15) is 6.17 Å². The minimum atomic E-state index is -0.324. The molecule has 1 atom stereocenters. The zero-order valence-electron chi connectivity index (χ0n) is 6.54. The van der Waals surface area contributed by atoms with Crippen LogP contribution < -0.4 is 0 Å². The van der Waals surface area contributed by atoms with Crippen LogP contribution in [0.5, 0.6) is 0 Å². The number of hydrogen-bond donors (Lipinski definition) is 0. The van der Waals surface area contributed by atoms with Gasteiger partial charge >= 0.3 is 6.09 Å². The summed E-state index contributed by atoms with van der Waals surface area (Å²) < 4.78 is 6.39. The Hall–Kier alpha value is -1.59. The number of amides is 1. The summed E-state index contributed by atoms with van der Waals surface area (Å²) in [4.78, 5) is 12.4. The molecule has 1 aliphatic rings. The molecule has 1 aromatic rings. The predicted molar refractivity (Wildman–Crippen MR) is 38.2 cm³/mol. The maximum Gasteiger partial charge on any atom is 0.411 e. The Kier molecular flexibility index (Phi) is 1.46. The van der Waals surface area contributed by atoms with Crippen molar-refractivity contribution in [2.75, 3.05) is 13.7 Å². The molecule has 0 bridgehead atoms. The van der Waals surface area contributed by atoms with Gasteiger partial charge in [0.1, 0.15) is 6.61 Å². The molecule has 0 saturated carbocycles. The second kappa shape index (κ2) is 2.47. The lowest BCUT2D eigenvalue weighted by Gasteiger charge is -2.14. The van der Waals surface area contributed by atoms with Crippen molar-refractivity contribution in [3.63, 3.8) is 0 Å². The van der Waals surface area contributed by atoms with Crippen molar-refractivity contribution in [3.8, 4) is 0 Å². The smallest absolute Gasteiger partial charge is 0.411 e. The molecule has 0 spiro atoms. The van der Waals surface area contributed by atoms with Crippen molar-refractivity contribution in [1.82, 2.24) is 19.9 Å². The lowest BCUT2D eigenvalue weighted by atomic mass is 10.5. The van der Waals surface area contributed by atoms with Gasteiger partial charge in [0.2, 0.25) is 0 Å². The summed E-state index contributed by atoms with van der Waals surface area (Å²) in [6.45, 7) is 0.332. The van der Waals surface area contributed by atoms with Gasteiger partial charge in [-0.1, -0.05) is 5.21 Å². The number of aromatic nitrogens is 3. The van der Waals surface area contributed by atoms with Crippen molar-refractivity contribution >= 4 is 6.09 Å². The number of carbonyl (C=O) groups is 1. The molecule has 1 unspecified atom stereocenters. The van der Waals surface area contributed by atoms with Crippen LogP contribution in [-0.4, -0.2) is 39.6 Å². The Morgan fingerprint density at radius 3 is 3.08 bits per heavy atom. The van der Waals surface area contributed by atoms with Crippen LogP contribution in [0.15, 0.2) is 12.4 Å². The maximum absolute atomic E-state index is 10.9. The van der Waals surface area contributed by atoms with Gasteiger partial charge in [-0.2, -0.15) is 0 Å². The molecule has 0 N–H and O–H groups in total. The van der Waals surface area contributed by atoms with E-state index >= 15 is 0 Å². The lowest BCUT2D eigenvalue weighted by molar-refractivity contribution is 0.163. The molecule has 2 heterocycles. The van der Waals surface area contributed by atoms with E-state index in [1.807, 2.05) is 0 Å². The van der Waals surface area contributed by atoms with E-state index < -0.39 is 0 Å². The molecule has 1 amide bonds. The van der Waals surface area contributed by atoms with E-state index in [-0.39, 0.29) is 12.3 Å². The molecule has 1 fully saturated rings. The molecular formula is C6H8N4O2. The van der Waals surface area contributed by atoms with Crippen LogP contribution in [0.3, 0.4) is 0 Å². The van der Waals surface area contributed by atoms with Gasteiger partial charge in [0, 0.05) is 13.2 Å². The highest BCUT2D eigenvalue weighted by molar-refractivity contribution is 5.69. The number of nitrogens with zero attached hydrogens (tertiary/aromatic N) is 4. The topological polar surface area (TPSA) is 60.2 Å². The van der Waals surface area contributed by atoms with Crippen LogP contribution in [0.25, 0.3) is 0 Å². The number of cyclic esters (lactones) is 1. The van der Waals surface area contributed by atoms with Gasteiger partial charge in [-0.25, -0.2) is 9.48 Å². The predicted octanol–water partition coefficient (Wildman–Crippen LogP) is -0.141. The van der Waals surface area contributed by atoms with Gasteiger partial charge in [-0.3, -0.25) is 4.90 Å². The fraction of sp³-hybridized carbons (Fsp3) is 0.500. The van der Waals surface area contributed by atoms with Crippen molar-refractivity contribution < 1.29 is 9.53 Å². The van der Waals surface area contributed by atoms with Crippen molar-refractivity contribution in [1.29, 1.82) is 0 Å². The van der Waals surface area contributed by atoms with E-state index in [0.717, 1.165) is 0 Å². The molecule has 1 aromatic heterocycles. The second-order valence-electron chi connectivity index (χ2n) is 2.55. The Morgan fingerprint density at radius 1 is 1.75 bits per heavy atom. The van der Waals surface area contributed by atoms with Gasteiger partial charge in [-0.15, -0.1) is 5.10 Å². The maximum atomic E-state index is 10.9. The van der Waals surface area contributed by atoms with E-state index in [2.05, 4.69) is 10.3 Å². The van der Waals surface area contributed by atoms with Crippen LogP contribution in [0.4, 0.5) is 4.79 Å². The summed E-state index contributed by atoms with van der Waals surface area (Å²) >= 11 is 0. The van der Waals surface area contributed by atoms with Gasteiger partial charge in [0.15, 0.2) is 6.17 Å². The van der Waals surface area contributed by atoms with E-state index in [1.54, 1.807) is 24.1 Å². The summed E-state index contributed by atoms with van der Waals surface area (Å²) in [5.74, 6) is 0. The average molecular weight is 168 g/mol. The minimum Gasteiger partial charge on any atom is -0.445 e. The van der Waals surface area contributed by atoms with Gasteiger partial charge < -0.3 is 4.74 Å². The second-order valence-corrected chi connectivity index (χ2v) is 2.55. The molecular weight excluding hydrogens is 160 g/mol. The summed E-state index contributed by atoms with van der Waals surface area (Å²) in [7, 11) is 1.67. The SMILES string of the molecule is CN1C(=O)OCC1n1ccnn1. The third-order valence-electron chi connectivity index (χ3n) is 1.84. The van der Waals surface area contributed by atoms with E-state index in [9.17, 15) is 4.79 Å². The lowest BCUT2D eigenvalue weighted by Crippen LogP contribution is -2.27. The molecule has 12 heavy (non-hydrogen) atoms. The largest absolute Gasteiger partial charge is 0.445 e. The van der Waals surface area contributed by atoms with Crippen molar-refractivity contribution in [2.45, 2.75) is 6.17 Å². The van der Waals surface area contributed by atoms with Gasteiger partial charge in [-0.05, 0) is 0 Å². The summed E-state index contributed by atoms with van der Waals surface area (Å²) in [6, 6.07) is 0. The Balaban J connectivity index is 2.21. The van der Waals surface area contributed by atoms with Crippen LogP contribution >= 0.6 is 0 Å². The molecule has 1 aliphatic heterocycles. The number of hydrogen-bond acceptors (Lipinski definition) is 4. The number of carbonyl (C=O) groups excluding carboxylic acids is 1. The zero-order valence-corrected chi connectivity index (χ0v) is 6.54. The average Bonchev–Trinajstić information content (AvgIpc) is 2.64. The summed E-state index contributed by atoms with van der Waals surface area (Å²) in [5, 5.41) is 7.42. The van der Waals surface area contributed by atoms with E-state index in [0.29, 0.717) is 6.61 Å². The molecule has 1 saturated heterocycles. The molecule has 0 radical (unpaired) electrons. The molecule has 6 nitrogen and oxygen atoms in total. The standard InChI is InChI=1S/C6H8N4O2/c1-9-5(4-12-6(9)11)10-3-2-7-8-10/h2-3,5H,4H2,1H3.